The van der Waals surface area contributed by atoms with Crippen LogP contribution in [0.1, 0.15) is 55.8 Å². The summed E-state index contributed by atoms with van der Waals surface area (Å²) < 4.78 is 0. The van der Waals surface area contributed by atoms with Crippen molar-refractivity contribution in [1.82, 2.24) is 9.88 Å². The molecular formula is C16H28N2. The first-order valence-corrected chi connectivity index (χ1v) is 6.78. The molecule has 2 heteroatoms. The minimum absolute atomic E-state index is 0.0286. The number of nitrogens with zero attached hydrogens (tertiary/aromatic N) is 2. The van der Waals surface area contributed by atoms with E-state index in [0.29, 0.717) is 6.04 Å². The molecule has 0 aliphatic heterocycles. The fourth-order valence-electron chi connectivity index (χ4n) is 2.80. The molecule has 0 radical (unpaired) electrons. The van der Waals surface area contributed by atoms with Crippen LogP contribution in [-0.4, -0.2) is 23.0 Å². The molecule has 0 N–H and O–H groups in total. The van der Waals surface area contributed by atoms with Crippen LogP contribution in [0.5, 0.6) is 0 Å². The Balaban J connectivity index is 3.49. The molecule has 1 aromatic rings. The molecule has 102 valence electrons. The summed E-state index contributed by atoms with van der Waals surface area (Å²) in [7, 11) is 2.20. The second-order valence-corrected chi connectivity index (χ2v) is 6.17. The van der Waals surface area contributed by atoms with Crippen molar-refractivity contribution in [3.63, 3.8) is 0 Å². The average Bonchev–Trinajstić information content (AvgIpc) is 2.25. The summed E-state index contributed by atoms with van der Waals surface area (Å²) in [5.74, 6) is 0. The number of rotatable bonds is 3. The van der Waals surface area contributed by atoms with E-state index >= 15 is 0 Å². The van der Waals surface area contributed by atoms with Gasteiger partial charge in [-0.15, -0.1) is 0 Å². The van der Waals surface area contributed by atoms with E-state index in [1.54, 1.807) is 0 Å². The average molecular weight is 248 g/mol. The van der Waals surface area contributed by atoms with Crippen molar-refractivity contribution in [2.45, 2.75) is 67.0 Å². The fraction of sp³-hybridized carbons (Fsp3) is 0.688. The summed E-state index contributed by atoms with van der Waals surface area (Å²) in [6.45, 7) is 17.7. The minimum atomic E-state index is 0.0286. The van der Waals surface area contributed by atoms with Crippen LogP contribution in [0, 0.1) is 27.7 Å². The summed E-state index contributed by atoms with van der Waals surface area (Å²) in [5.41, 5.74) is 6.42. The third-order valence-corrected chi connectivity index (χ3v) is 4.44. The van der Waals surface area contributed by atoms with Crippen LogP contribution in [0.2, 0.25) is 0 Å². The fourth-order valence-corrected chi connectivity index (χ4v) is 2.80. The lowest BCUT2D eigenvalue weighted by atomic mass is 9.84. The Kier molecular flexibility index (Phi) is 4.22. The Hall–Kier alpha value is -0.890. The van der Waals surface area contributed by atoms with Crippen LogP contribution in [0.25, 0.3) is 0 Å². The van der Waals surface area contributed by atoms with Crippen LogP contribution >= 0.6 is 0 Å². The molecule has 2 nitrogen and oxygen atoms in total. The number of pyridine rings is 1. The Morgan fingerprint density at radius 1 is 0.944 bits per heavy atom. The summed E-state index contributed by atoms with van der Waals surface area (Å²) in [6, 6.07) is 0.521. The van der Waals surface area contributed by atoms with Crippen LogP contribution < -0.4 is 0 Å². The molecule has 1 heterocycles. The first kappa shape index (κ1) is 15.2. The number of hydrogen-bond donors (Lipinski definition) is 0. The molecule has 0 bridgehead atoms. The summed E-state index contributed by atoms with van der Waals surface area (Å²) >= 11 is 0. The monoisotopic (exact) mass is 248 g/mol. The van der Waals surface area contributed by atoms with E-state index in [9.17, 15) is 0 Å². The highest BCUT2D eigenvalue weighted by Crippen LogP contribution is 2.34. The highest BCUT2D eigenvalue weighted by molar-refractivity contribution is 5.42. The lowest BCUT2D eigenvalue weighted by Gasteiger charge is -2.41. The summed E-state index contributed by atoms with van der Waals surface area (Å²) in [6.07, 6.45) is 0. The molecule has 0 spiro atoms. The Labute approximate surface area is 112 Å². The lowest BCUT2D eigenvalue weighted by molar-refractivity contribution is 0.117. The van der Waals surface area contributed by atoms with Crippen molar-refractivity contribution < 1.29 is 0 Å². The van der Waals surface area contributed by atoms with Gasteiger partial charge in [0.1, 0.15) is 0 Å². The molecule has 1 aromatic heterocycles. The molecule has 0 unspecified atom stereocenters. The third-order valence-electron chi connectivity index (χ3n) is 4.44. The van der Waals surface area contributed by atoms with Crippen LogP contribution in [-0.2, 0) is 5.54 Å². The first-order valence-electron chi connectivity index (χ1n) is 6.78. The molecule has 0 aromatic carbocycles. The number of aryl methyl sites for hydroxylation is 2. The molecule has 0 saturated heterocycles. The maximum Gasteiger partial charge on any atom is 0.0410 e. The molecular weight excluding hydrogens is 220 g/mol. The maximum absolute atomic E-state index is 4.63. The van der Waals surface area contributed by atoms with Gasteiger partial charge < -0.3 is 0 Å². The van der Waals surface area contributed by atoms with E-state index < -0.39 is 0 Å². The minimum Gasteiger partial charge on any atom is -0.295 e. The zero-order valence-electron chi connectivity index (χ0n) is 13.5. The Bertz CT molecular complexity index is 419. The van der Waals surface area contributed by atoms with Gasteiger partial charge in [0.05, 0.1) is 0 Å². The van der Waals surface area contributed by atoms with Crippen molar-refractivity contribution in [3.8, 4) is 0 Å². The first-order chi connectivity index (χ1) is 8.10. The van der Waals surface area contributed by atoms with Gasteiger partial charge in [-0.05, 0) is 79.1 Å². The van der Waals surface area contributed by atoms with Gasteiger partial charge >= 0.3 is 0 Å². The van der Waals surface area contributed by atoms with E-state index in [1.165, 1.54) is 16.7 Å². The lowest BCUT2D eigenvalue weighted by Crippen LogP contribution is -2.44. The molecule has 18 heavy (non-hydrogen) atoms. The quantitative estimate of drug-likeness (QED) is 0.806. The summed E-state index contributed by atoms with van der Waals surface area (Å²) in [5, 5.41) is 0. The molecule has 0 amide bonds. The second-order valence-electron chi connectivity index (χ2n) is 6.17. The van der Waals surface area contributed by atoms with Crippen molar-refractivity contribution in [1.29, 1.82) is 0 Å². The molecule has 0 aliphatic rings. The van der Waals surface area contributed by atoms with E-state index in [4.69, 9.17) is 0 Å². The molecule has 1 rings (SSSR count). The van der Waals surface area contributed by atoms with Gasteiger partial charge in [-0.1, -0.05) is 0 Å². The van der Waals surface area contributed by atoms with E-state index in [-0.39, 0.29) is 5.54 Å². The van der Waals surface area contributed by atoms with Crippen molar-refractivity contribution in [3.05, 3.63) is 28.1 Å². The van der Waals surface area contributed by atoms with Gasteiger partial charge in [0.2, 0.25) is 0 Å². The van der Waals surface area contributed by atoms with E-state index in [0.717, 1.165) is 11.4 Å². The molecule has 0 aliphatic carbocycles. The predicted molar refractivity (Wildman–Crippen MR) is 79.1 cm³/mol. The van der Waals surface area contributed by atoms with Crippen LogP contribution in [0.4, 0.5) is 0 Å². The van der Waals surface area contributed by atoms with Gasteiger partial charge in [0.25, 0.3) is 0 Å². The van der Waals surface area contributed by atoms with E-state index in [1.807, 2.05) is 0 Å². The van der Waals surface area contributed by atoms with Crippen LogP contribution in [0.15, 0.2) is 0 Å². The Morgan fingerprint density at radius 2 is 1.33 bits per heavy atom. The largest absolute Gasteiger partial charge is 0.295 e. The normalized spacial score (nSPS) is 12.6. The standard InChI is InChI=1S/C16H28N2/c1-10(2)18(9)16(7,8)15-11(3)13(5)17-14(6)12(15)4/h10H,1-9H3. The Morgan fingerprint density at radius 3 is 1.67 bits per heavy atom. The topological polar surface area (TPSA) is 16.1 Å². The third kappa shape index (κ3) is 2.44. The van der Waals surface area contributed by atoms with Gasteiger partial charge in [0, 0.05) is 23.0 Å². The molecule has 0 fully saturated rings. The predicted octanol–water partition coefficient (Wildman–Crippen LogP) is 3.89. The van der Waals surface area contributed by atoms with Crippen molar-refractivity contribution in [2.75, 3.05) is 7.05 Å². The highest BCUT2D eigenvalue weighted by Gasteiger charge is 2.31. The molecule has 0 atom stereocenters. The van der Waals surface area contributed by atoms with E-state index in [2.05, 4.69) is 72.3 Å². The maximum atomic E-state index is 4.63. The smallest absolute Gasteiger partial charge is 0.0410 e. The van der Waals surface area contributed by atoms with Gasteiger partial charge in [0.15, 0.2) is 0 Å². The second kappa shape index (κ2) is 5.00. The van der Waals surface area contributed by atoms with Gasteiger partial charge in [-0.25, -0.2) is 0 Å². The van der Waals surface area contributed by atoms with Gasteiger partial charge in [-0.3, -0.25) is 9.88 Å². The van der Waals surface area contributed by atoms with Crippen LogP contribution in [0.3, 0.4) is 0 Å². The number of hydrogen-bond acceptors (Lipinski definition) is 2. The highest BCUT2D eigenvalue weighted by atomic mass is 15.2. The van der Waals surface area contributed by atoms with Crippen molar-refractivity contribution in [2.24, 2.45) is 0 Å². The molecule has 0 saturated carbocycles. The van der Waals surface area contributed by atoms with Crippen molar-refractivity contribution >= 4 is 0 Å². The zero-order chi connectivity index (χ0) is 14.2. The zero-order valence-corrected chi connectivity index (χ0v) is 13.5. The SMILES string of the molecule is Cc1nc(C)c(C)c(C(C)(C)N(C)C(C)C)c1C. The van der Waals surface area contributed by atoms with Gasteiger partial charge in [-0.2, -0.15) is 0 Å². The number of aromatic nitrogens is 1. The summed E-state index contributed by atoms with van der Waals surface area (Å²) in [4.78, 5) is 7.06.